The van der Waals surface area contributed by atoms with Crippen LogP contribution in [-0.4, -0.2) is 69.9 Å². The third kappa shape index (κ3) is 7.14. The van der Waals surface area contributed by atoms with E-state index in [0.29, 0.717) is 32.8 Å². The average molecular weight is 546 g/mol. The number of benzene rings is 2. The highest BCUT2D eigenvalue weighted by atomic mass is 32.2. The Labute approximate surface area is 214 Å². The molecule has 0 amide bonds. The zero-order chi connectivity index (χ0) is 27.1. The van der Waals surface area contributed by atoms with Crippen LogP contribution in [0.5, 0.6) is 17.2 Å². The molecule has 0 atom stereocenters. The van der Waals surface area contributed by atoms with E-state index in [1.807, 2.05) is 6.92 Å². The van der Waals surface area contributed by atoms with Crippen LogP contribution < -0.4 is 9.47 Å². The number of esters is 1. The standard InChI is InChI=1S/C25H30F3NO7S/c1-3-33-18-17-29-15-13-24(14-16-29,23(30)34-4-2)37(31,32)22-11-9-20(10-12-22)35-19-5-7-21(8-6-19)36-25(26,27)28/h5-12H,3-4,13-18H2,1-2H3. The zero-order valence-corrected chi connectivity index (χ0v) is 21.4. The largest absolute Gasteiger partial charge is 0.573 e. The van der Waals surface area contributed by atoms with Crippen LogP contribution in [0.4, 0.5) is 13.2 Å². The number of hydrogen-bond acceptors (Lipinski definition) is 8. The van der Waals surface area contributed by atoms with E-state index >= 15 is 0 Å². The lowest BCUT2D eigenvalue weighted by Gasteiger charge is -2.39. The van der Waals surface area contributed by atoms with Gasteiger partial charge in [0.1, 0.15) is 17.2 Å². The minimum Gasteiger partial charge on any atom is -0.465 e. The van der Waals surface area contributed by atoms with Crippen molar-refractivity contribution in [3.05, 3.63) is 48.5 Å². The van der Waals surface area contributed by atoms with Crippen molar-refractivity contribution in [2.45, 2.75) is 42.7 Å². The quantitative estimate of drug-likeness (QED) is 0.299. The van der Waals surface area contributed by atoms with E-state index in [1.165, 1.54) is 36.4 Å². The number of hydrogen-bond donors (Lipinski definition) is 0. The van der Waals surface area contributed by atoms with Gasteiger partial charge in [-0.3, -0.25) is 4.79 Å². The SMILES string of the molecule is CCOCCN1CCC(C(=O)OCC)(S(=O)(=O)c2ccc(Oc3ccc(OC(F)(F)F)cc3)cc2)CC1. The van der Waals surface area contributed by atoms with Crippen molar-refractivity contribution in [3.8, 4) is 17.2 Å². The molecule has 1 aliphatic rings. The normalized spacial score (nSPS) is 16.2. The van der Waals surface area contributed by atoms with Crippen LogP contribution in [0.15, 0.2) is 53.4 Å². The Kier molecular flexibility index (Phi) is 9.43. The molecule has 0 unspecified atom stereocenters. The topological polar surface area (TPSA) is 91.4 Å². The lowest BCUT2D eigenvalue weighted by Crippen LogP contribution is -2.55. The Morgan fingerprint density at radius 2 is 1.46 bits per heavy atom. The van der Waals surface area contributed by atoms with Crippen molar-refractivity contribution in [1.29, 1.82) is 0 Å². The van der Waals surface area contributed by atoms with Gasteiger partial charge in [-0.1, -0.05) is 0 Å². The Hall–Kier alpha value is -2.83. The maximum absolute atomic E-state index is 13.7. The molecule has 0 aromatic heterocycles. The van der Waals surface area contributed by atoms with Gasteiger partial charge in [0.05, 0.1) is 18.1 Å². The number of alkyl halides is 3. The second kappa shape index (κ2) is 12.1. The molecule has 1 saturated heterocycles. The van der Waals surface area contributed by atoms with Crippen LogP contribution >= 0.6 is 0 Å². The lowest BCUT2D eigenvalue weighted by molar-refractivity contribution is -0.274. The molecular formula is C25H30F3NO7S. The predicted octanol–water partition coefficient (Wildman–Crippen LogP) is 4.59. The number of likely N-dealkylation sites (tertiary alicyclic amines) is 1. The molecule has 0 saturated carbocycles. The van der Waals surface area contributed by atoms with Gasteiger partial charge in [-0.2, -0.15) is 0 Å². The molecular weight excluding hydrogens is 515 g/mol. The summed E-state index contributed by atoms with van der Waals surface area (Å²) in [5, 5.41) is 0. The fourth-order valence-electron chi connectivity index (χ4n) is 4.08. The monoisotopic (exact) mass is 545 g/mol. The van der Waals surface area contributed by atoms with E-state index in [4.69, 9.17) is 14.2 Å². The maximum atomic E-state index is 13.7. The molecule has 37 heavy (non-hydrogen) atoms. The highest BCUT2D eigenvalue weighted by Crippen LogP contribution is 2.38. The fraction of sp³-hybridized carbons (Fsp3) is 0.480. The van der Waals surface area contributed by atoms with Gasteiger partial charge in [-0.15, -0.1) is 13.2 Å². The maximum Gasteiger partial charge on any atom is 0.573 e. The summed E-state index contributed by atoms with van der Waals surface area (Å²) < 4.78 is 82.7. The first-order valence-electron chi connectivity index (χ1n) is 11.9. The van der Waals surface area contributed by atoms with Crippen LogP contribution in [0.1, 0.15) is 26.7 Å². The van der Waals surface area contributed by atoms with Gasteiger partial charge in [0.25, 0.3) is 0 Å². The molecule has 2 aromatic rings. The third-order valence-corrected chi connectivity index (χ3v) is 8.51. The van der Waals surface area contributed by atoms with E-state index in [0.717, 1.165) is 12.1 Å². The summed E-state index contributed by atoms with van der Waals surface area (Å²) in [5.41, 5.74) is 0. The summed E-state index contributed by atoms with van der Waals surface area (Å²) in [6.07, 6.45) is -4.62. The molecule has 2 aromatic carbocycles. The average Bonchev–Trinajstić information content (AvgIpc) is 2.85. The molecule has 1 fully saturated rings. The summed E-state index contributed by atoms with van der Waals surface area (Å²) in [6, 6.07) is 10.3. The van der Waals surface area contributed by atoms with Crippen molar-refractivity contribution in [3.63, 3.8) is 0 Å². The van der Waals surface area contributed by atoms with Crippen LogP contribution in [0.3, 0.4) is 0 Å². The van der Waals surface area contributed by atoms with Gasteiger partial charge in [0.15, 0.2) is 14.6 Å². The molecule has 204 valence electrons. The van der Waals surface area contributed by atoms with E-state index in [2.05, 4.69) is 9.64 Å². The molecule has 0 aliphatic carbocycles. The fourth-order valence-corrected chi connectivity index (χ4v) is 6.02. The Balaban J connectivity index is 1.75. The summed E-state index contributed by atoms with van der Waals surface area (Å²) in [4.78, 5) is 15.0. The number of ether oxygens (including phenoxy) is 4. The van der Waals surface area contributed by atoms with Gasteiger partial charge in [0, 0.05) is 26.2 Å². The Bertz CT molecular complexity index is 1130. The highest BCUT2D eigenvalue weighted by molar-refractivity contribution is 7.93. The van der Waals surface area contributed by atoms with E-state index in [9.17, 15) is 26.4 Å². The zero-order valence-electron chi connectivity index (χ0n) is 20.6. The minimum absolute atomic E-state index is 0.0513. The van der Waals surface area contributed by atoms with Crippen LogP contribution in [0, 0.1) is 0 Å². The third-order valence-electron chi connectivity index (χ3n) is 6.01. The number of carbonyl (C=O) groups excluding carboxylic acids is 1. The number of sulfone groups is 1. The first-order chi connectivity index (χ1) is 17.5. The van der Waals surface area contributed by atoms with Crippen molar-refractivity contribution in [2.24, 2.45) is 0 Å². The number of carbonyl (C=O) groups is 1. The minimum atomic E-state index is -4.80. The molecule has 12 heteroatoms. The van der Waals surface area contributed by atoms with Gasteiger partial charge >= 0.3 is 12.3 Å². The highest BCUT2D eigenvalue weighted by Gasteiger charge is 2.54. The smallest absolute Gasteiger partial charge is 0.465 e. The summed E-state index contributed by atoms with van der Waals surface area (Å²) in [6.45, 7) is 6.14. The van der Waals surface area contributed by atoms with Gasteiger partial charge in [-0.05, 0) is 75.2 Å². The predicted molar refractivity (Wildman–Crippen MR) is 128 cm³/mol. The first kappa shape index (κ1) is 28.7. The van der Waals surface area contributed by atoms with E-state index in [1.54, 1.807) is 6.92 Å². The van der Waals surface area contributed by atoms with Gasteiger partial charge in [-0.25, -0.2) is 8.42 Å². The molecule has 0 radical (unpaired) electrons. The van der Waals surface area contributed by atoms with Crippen molar-refractivity contribution < 1.29 is 45.3 Å². The molecule has 0 N–H and O–H groups in total. The number of rotatable bonds is 11. The lowest BCUT2D eigenvalue weighted by atomic mass is 9.95. The second-order valence-corrected chi connectivity index (χ2v) is 10.6. The molecule has 8 nitrogen and oxygen atoms in total. The van der Waals surface area contributed by atoms with Crippen molar-refractivity contribution in [2.75, 3.05) is 39.5 Å². The molecule has 1 aliphatic heterocycles. The van der Waals surface area contributed by atoms with E-state index < -0.39 is 32.7 Å². The Morgan fingerprint density at radius 3 is 1.97 bits per heavy atom. The summed E-state index contributed by atoms with van der Waals surface area (Å²) in [7, 11) is -4.12. The summed E-state index contributed by atoms with van der Waals surface area (Å²) >= 11 is 0. The van der Waals surface area contributed by atoms with Crippen molar-refractivity contribution in [1.82, 2.24) is 4.90 Å². The van der Waals surface area contributed by atoms with Gasteiger partial charge < -0.3 is 23.8 Å². The van der Waals surface area contributed by atoms with Gasteiger partial charge in [0.2, 0.25) is 0 Å². The number of nitrogens with zero attached hydrogens (tertiary/aromatic N) is 1. The molecule has 3 rings (SSSR count). The van der Waals surface area contributed by atoms with E-state index in [-0.39, 0.29) is 35.8 Å². The first-order valence-corrected chi connectivity index (χ1v) is 13.3. The van der Waals surface area contributed by atoms with Crippen LogP contribution in [0.2, 0.25) is 0 Å². The number of piperidine rings is 1. The second-order valence-electron chi connectivity index (χ2n) is 8.35. The van der Waals surface area contributed by atoms with Crippen molar-refractivity contribution >= 4 is 15.8 Å². The molecule has 1 heterocycles. The number of halogens is 3. The molecule has 0 bridgehead atoms. The van der Waals surface area contributed by atoms with Crippen LogP contribution in [-0.2, 0) is 24.1 Å². The molecule has 0 spiro atoms. The van der Waals surface area contributed by atoms with Crippen LogP contribution in [0.25, 0.3) is 0 Å². The summed E-state index contributed by atoms with van der Waals surface area (Å²) in [5.74, 6) is -0.664. The Morgan fingerprint density at radius 1 is 0.919 bits per heavy atom.